The summed E-state index contributed by atoms with van der Waals surface area (Å²) in [7, 11) is 0. The van der Waals surface area contributed by atoms with Gasteiger partial charge in [-0.25, -0.2) is 0 Å². The van der Waals surface area contributed by atoms with Crippen LogP contribution in [-0.2, 0) is 4.79 Å². The van der Waals surface area contributed by atoms with Gasteiger partial charge in [-0.1, -0.05) is 0 Å². The smallest absolute Gasteiger partial charge is 0.139 e. The Kier molecular flexibility index (Phi) is 7.06. The molecule has 0 saturated heterocycles. The fraction of sp³-hybridized carbons (Fsp3) is 0.833. The molecule has 0 fully saturated rings. The van der Waals surface area contributed by atoms with Crippen LogP contribution >= 0.6 is 12.4 Å². The van der Waals surface area contributed by atoms with E-state index in [2.05, 4.69) is 0 Å². The molecule has 7 heteroatoms. The van der Waals surface area contributed by atoms with Gasteiger partial charge in [-0.3, -0.25) is 0 Å². The highest BCUT2D eigenvalue weighted by Gasteiger charge is 2.28. The van der Waals surface area contributed by atoms with Crippen molar-refractivity contribution in [1.29, 1.82) is 0 Å². The highest BCUT2D eigenvalue weighted by molar-refractivity contribution is 5.85. The maximum absolute atomic E-state index is 10.3. The summed E-state index contributed by atoms with van der Waals surface area (Å²) in [4.78, 5) is 10.3. The van der Waals surface area contributed by atoms with Gasteiger partial charge >= 0.3 is 0 Å². The lowest BCUT2D eigenvalue weighted by Gasteiger charge is -2.23. The van der Waals surface area contributed by atoms with Crippen molar-refractivity contribution in [3.05, 3.63) is 0 Å². The molecule has 0 spiro atoms. The number of carbonyl (C=O) groups excluding carboxylic acids is 1. The van der Waals surface area contributed by atoms with Gasteiger partial charge in [-0.05, 0) is 0 Å². The van der Waals surface area contributed by atoms with Crippen LogP contribution in [0.5, 0.6) is 0 Å². The van der Waals surface area contributed by atoms with Crippen molar-refractivity contribution in [3.8, 4) is 0 Å². The number of hydrogen-bond donors (Lipinski definition) is 5. The molecule has 0 aliphatic heterocycles. The van der Waals surface area contributed by atoms with E-state index in [0.717, 1.165) is 0 Å². The third kappa shape index (κ3) is 4.51. The summed E-state index contributed by atoms with van der Waals surface area (Å²) < 4.78 is 6.53. The minimum absolute atomic E-state index is 0. The maximum atomic E-state index is 10.3. The summed E-state index contributed by atoms with van der Waals surface area (Å²) in [6.07, 6.45) is -6.33. The van der Waals surface area contributed by atoms with E-state index in [1.54, 1.807) is 0 Å². The van der Waals surface area contributed by atoms with Gasteiger partial charge in [-0.15, -0.1) is 12.4 Å². The van der Waals surface area contributed by atoms with Crippen molar-refractivity contribution in [2.24, 2.45) is 5.73 Å². The quantitative estimate of drug-likeness (QED) is 0.312. The van der Waals surface area contributed by atoms with Gasteiger partial charge < -0.3 is 31.0 Å². The lowest BCUT2D eigenvalue weighted by Crippen LogP contribution is -2.49. The van der Waals surface area contributed by atoms with Crippen molar-refractivity contribution in [1.82, 2.24) is 0 Å². The Labute approximate surface area is 82.8 Å². The summed E-state index contributed by atoms with van der Waals surface area (Å²) in [5, 5.41) is 35.3. The summed E-state index contributed by atoms with van der Waals surface area (Å²) in [5.41, 5.74) is 5.01. The van der Waals surface area contributed by atoms with Crippen LogP contribution in [0.3, 0.4) is 0 Å². The average Bonchev–Trinajstić information content (AvgIpc) is 2.12. The Bertz CT molecular complexity index is 184. The Hall–Kier alpha value is -0.240. The second-order valence-corrected chi connectivity index (χ2v) is 2.37. The van der Waals surface area contributed by atoms with Crippen LogP contribution in [0.4, 0.5) is 0 Å². The third-order valence-electron chi connectivity index (χ3n) is 1.44. The lowest BCUT2D eigenvalue weighted by atomic mass is 10.0. The van der Waals surface area contributed by atoms with E-state index in [1.807, 2.05) is 0 Å². The van der Waals surface area contributed by atoms with Crippen molar-refractivity contribution in [3.63, 3.8) is 0 Å². The minimum atomic E-state index is -1.76. The normalized spacial score (nSPS) is 20.5. The van der Waals surface area contributed by atoms with Crippen LogP contribution in [0, 0.1) is 0 Å². The second-order valence-electron chi connectivity index (χ2n) is 2.37. The Morgan fingerprint density at radius 3 is 2.15 bits per heavy atom. The van der Waals surface area contributed by atoms with Crippen LogP contribution in [0.2, 0.25) is 0 Å². The number of aldehydes is 1. The first-order valence-electron chi connectivity index (χ1n) is 3.83. The zero-order chi connectivity index (χ0) is 10.6. The summed E-state index contributed by atoms with van der Waals surface area (Å²) in [6.45, 7) is -0.767. The molecule has 6 nitrogen and oxygen atoms in total. The molecule has 0 rings (SSSR count). The number of rotatable bonds is 5. The van der Waals surface area contributed by atoms with E-state index in [1.165, 1.54) is 0 Å². The van der Waals surface area contributed by atoms with E-state index >= 15 is 0 Å². The van der Waals surface area contributed by atoms with Gasteiger partial charge in [0.25, 0.3) is 0 Å². The van der Waals surface area contributed by atoms with Crippen molar-refractivity contribution in [2.45, 2.75) is 24.4 Å². The monoisotopic (exact) mass is 216 g/mol. The Morgan fingerprint density at radius 1 is 1.38 bits per heavy atom. The molecule has 6 N–H and O–H groups in total. The average molecular weight is 217 g/mol. The fourth-order valence-electron chi connectivity index (χ4n) is 0.618. The molecular weight excluding hydrogens is 202 g/mol. The minimum Gasteiger partial charge on any atom is -0.394 e. The predicted molar refractivity (Wildman–Crippen MR) is 46.4 cm³/mol. The molecule has 0 bridgehead atoms. The number of halogens is 1. The largest absolute Gasteiger partial charge is 0.394 e. The highest BCUT2D eigenvalue weighted by atomic mass is 35.5. The number of hydrogen-bond acceptors (Lipinski definition) is 6. The van der Waals surface area contributed by atoms with Crippen LogP contribution in [0.15, 0.2) is 0 Å². The number of carbonyl (C=O) groups is 1. The molecule has 0 aliphatic rings. The second kappa shape index (κ2) is 7.19. The van der Waals surface area contributed by atoms with E-state index in [4.69, 9.17) is 27.5 Å². The fourth-order valence-corrected chi connectivity index (χ4v) is 0.618. The van der Waals surface area contributed by atoms with Crippen molar-refractivity contribution >= 4 is 18.7 Å². The summed E-state index contributed by atoms with van der Waals surface area (Å²) in [6, 6.07) is -1.59. The number of aliphatic hydroxyl groups excluding tert-OH is 4. The van der Waals surface area contributed by atoms with Gasteiger partial charge in [0.05, 0.1) is 12.6 Å². The van der Waals surface area contributed by atoms with E-state index < -0.39 is 37.2 Å². The van der Waals surface area contributed by atoms with Gasteiger partial charge in [0.15, 0.2) is 0 Å². The predicted octanol–water partition coefficient (Wildman–Crippen LogP) is -2.99. The molecule has 0 radical (unpaired) electrons. The van der Waals surface area contributed by atoms with Crippen LogP contribution in [0.25, 0.3) is 0 Å². The summed E-state index contributed by atoms with van der Waals surface area (Å²) >= 11 is 0. The van der Waals surface area contributed by atoms with Crippen molar-refractivity contribution < 1.29 is 26.6 Å². The van der Waals surface area contributed by atoms with Gasteiger partial charge in [0.2, 0.25) is 0 Å². The topological polar surface area (TPSA) is 124 Å². The molecule has 0 saturated carbocycles. The van der Waals surface area contributed by atoms with Crippen LogP contribution in [-0.4, -0.2) is 57.6 Å². The number of aliphatic hydroxyl groups is 4. The SMILES string of the molecule is Cl.[2H]C(=O)[C@H](N)[C@@H](O)[C@H](O)[C@H](O)CO. The number of nitrogens with two attached hydrogens (primary N) is 1. The highest BCUT2D eigenvalue weighted by Crippen LogP contribution is 2.01. The molecule has 4 atom stereocenters. The molecule has 13 heavy (non-hydrogen) atoms. The van der Waals surface area contributed by atoms with Crippen molar-refractivity contribution in [2.75, 3.05) is 6.61 Å². The first kappa shape index (κ1) is 12.8. The molecule has 0 amide bonds. The molecule has 80 valence electrons. The molecule has 0 aromatic heterocycles. The van der Waals surface area contributed by atoms with E-state index in [9.17, 15) is 4.79 Å². The Morgan fingerprint density at radius 2 is 1.85 bits per heavy atom. The van der Waals surface area contributed by atoms with Crippen LogP contribution in [0.1, 0.15) is 1.37 Å². The zero-order valence-corrected chi connectivity index (χ0v) is 7.52. The lowest BCUT2D eigenvalue weighted by molar-refractivity contribution is -0.118. The Balaban J connectivity index is 0. The zero-order valence-electron chi connectivity index (χ0n) is 7.70. The molecule has 0 aromatic carbocycles. The van der Waals surface area contributed by atoms with Gasteiger partial charge in [-0.2, -0.15) is 0 Å². The van der Waals surface area contributed by atoms with Crippen LogP contribution < -0.4 is 5.73 Å². The molecule has 0 heterocycles. The standard InChI is InChI=1S/C6H13NO5.ClH/c7-3(1-8)5(11)6(12)4(10)2-9;/h1,3-6,9-12H,2,7H2;1H/t3-,4+,5+,6+;/m0./s1/i1D;. The molecule has 0 unspecified atom stereocenters. The van der Waals surface area contributed by atoms with Gasteiger partial charge in [0.1, 0.15) is 25.9 Å². The van der Waals surface area contributed by atoms with Gasteiger partial charge in [0, 0.05) is 0 Å². The summed E-state index contributed by atoms with van der Waals surface area (Å²) in [5.74, 6) is 0. The first-order valence-corrected chi connectivity index (χ1v) is 3.33. The molecule has 0 aliphatic carbocycles. The molecule has 0 aromatic rings. The maximum Gasteiger partial charge on any atom is 0.139 e. The first-order chi connectivity index (χ1) is 5.91. The van der Waals surface area contributed by atoms with E-state index in [-0.39, 0.29) is 12.4 Å². The molecular formula is C6H14ClNO5. The third-order valence-corrected chi connectivity index (χ3v) is 1.44. The van der Waals surface area contributed by atoms with E-state index in [0.29, 0.717) is 0 Å².